The highest BCUT2D eigenvalue weighted by molar-refractivity contribution is 7.99. The first kappa shape index (κ1) is 17.1. The summed E-state index contributed by atoms with van der Waals surface area (Å²) in [6, 6.07) is 9.23. The van der Waals surface area contributed by atoms with E-state index in [9.17, 15) is 9.59 Å². The lowest BCUT2D eigenvalue weighted by Gasteiger charge is -2.10. The molecule has 21 heavy (non-hydrogen) atoms. The fourth-order valence-corrected chi connectivity index (χ4v) is 2.20. The number of unbranched alkanes of at least 4 members (excludes halogenated alkanes) is 1. The van der Waals surface area contributed by atoms with Crippen molar-refractivity contribution in [2.75, 3.05) is 17.7 Å². The molecule has 5 nitrogen and oxygen atoms in total. The van der Waals surface area contributed by atoms with Gasteiger partial charge in [-0.2, -0.15) is 5.26 Å². The van der Waals surface area contributed by atoms with Crippen LogP contribution in [0.3, 0.4) is 0 Å². The molecule has 112 valence electrons. The van der Waals surface area contributed by atoms with Crippen LogP contribution in [-0.2, 0) is 14.3 Å². The Morgan fingerprint density at radius 1 is 1.38 bits per heavy atom. The van der Waals surface area contributed by atoms with Crippen molar-refractivity contribution >= 4 is 29.3 Å². The highest BCUT2D eigenvalue weighted by atomic mass is 32.2. The summed E-state index contributed by atoms with van der Waals surface area (Å²) in [6.07, 6.45) is 2.00. The van der Waals surface area contributed by atoms with E-state index >= 15 is 0 Å². The second kappa shape index (κ2) is 9.83. The standard InChI is InChI=1S/C15H18N2O3S/c1-2-3-8-15(19)20-11-14(18)17-12-6-4-5-7-13(12)21-10-9-16/h4-7H,2-3,8,10-11H2,1H3,(H,17,18). The first-order valence-electron chi connectivity index (χ1n) is 6.71. The van der Waals surface area contributed by atoms with Gasteiger partial charge in [-0.3, -0.25) is 9.59 Å². The van der Waals surface area contributed by atoms with E-state index in [4.69, 9.17) is 10.00 Å². The van der Waals surface area contributed by atoms with Crippen LogP contribution in [-0.4, -0.2) is 24.2 Å². The number of anilines is 1. The minimum absolute atomic E-state index is 0.292. The molecule has 1 N–H and O–H groups in total. The van der Waals surface area contributed by atoms with Gasteiger partial charge in [0, 0.05) is 11.3 Å². The molecule has 0 aliphatic rings. The molecule has 1 aromatic rings. The van der Waals surface area contributed by atoms with Crippen molar-refractivity contribution in [3.05, 3.63) is 24.3 Å². The Hall–Kier alpha value is -2.00. The molecule has 1 aromatic carbocycles. The normalized spacial score (nSPS) is 9.71. The summed E-state index contributed by atoms with van der Waals surface area (Å²) in [4.78, 5) is 23.9. The molecule has 1 amide bonds. The van der Waals surface area contributed by atoms with Crippen molar-refractivity contribution in [3.63, 3.8) is 0 Å². The maximum atomic E-state index is 11.8. The van der Waals surface area contributed by atoms with Gasteiger partial charge in [0.15, 0.2) is 6.61 Å². The number of nitrogens with zero attached hydrogens (tertiary/aromatic N) is 1. The average Bonchev–Trinajstić information content (AvgIpc) is 2.50. The predicted octanol–water partition coefficient (Wildman–Crippen LogP) is 2.97. The van der Waals surface area contributed by atoms with Crippen LogP contribution in [0.2, 0.25) is 0 Å². The maximum Gasteiger partial charge on any atom is 0.306 e. The summed E-state index contributed by atoms with van der Waals surface area (Å²) in [7, 11) is 0. The zero-order valence-electron chi connectivity index (χ0n) is 11.9. The molecule has 0 heterocycles. The Labute approximate surface area is 128 Å². The third-order valence-electron chi connectivity index (χ3n) is 2.55. The number of hydrogen-bond acceptors (Lipinski definition) is 5. The smallest absolute Gasteiger partial charge is 0.306 e. The van der Waals surface area contributed by atoms with Crippen LogP contribution < -0.4 is 5.32 Å². The number of rotatable bonds is 8. The zero-order chi connectivity index (χ0) is 15.5. The van der Waals surface area contributed by atoms with Crippen LogP contribution in [0.1, 0.15) is 26.2 Å². The Balaban J connectivity index is 2.47. The number of esters is 1. The van der Waals surface area contributed by atoms with Crippen molar-refractivity contribution in [2.45, 2.75) is 31.1 Å². The Morgan fingerprint density at radius 3 is 2.86 bits per heavy atom. The molecule has 0 atom stereocenters. The summed E-state index contributed by atoms with van der Waals surface area (Å²) in [5.74, 6) is -0.442. The van der Waals surface area contributed by atoms with Crippen molar-refractivity contribution < 1.29 is 14.3 Å². The van der Waals surface area contributed by atoms with Gasteiger partial charge in [-0.15, -0.1) is 11.8 Å². The lowest BCUT2D eigenvalue weighted by molar-refractivity contribution is -0.147. The molecule has 0 saturated heterocycles. The van der Waals surface area contributed by atoms with Gasteiger partial charge in [0.2, 0.25) is 0 Å². The summed E-state index contributed by atoms with van der Waals surface area (Å²) < 4.78 is 4.89. The fraction of sp³-hybridized carbons (Fsp3) is 0.400. The Bertz CT molecular complexity index is 526. The van der Waals surface area contributed by atoms with Gasteiger partial charge in [-0.1, -0.05) is 25.5 Å². The number of carbonyl (C=O) groups excluding carboxylic acids is 2. The molecule has 6 heteroatoms. The average molecular weight is 306 g/mol. The number of carbonyl (C=O) groups is 2. The zero-order valence-corrected chi connectivity index (χ0v) is 12.7. The molecule has 0 spiro atoms. The highest BCUT2D eigenvalue weighted by Crippen LogP contribution is 2.26. The number of ether oxygens (including phenoxy) is 1. The van der Waals surface area contributed by atoms with E-state index in [2.05, 4.69) is 5.32 Å². The van der Waals surface area contributed by atoms with E-state index in [-0.39, 0.29) is 18.5 Å². The fourth-order valence-electron chi connectivity index (χ4n) is 1.53. The molecular weight excluding hydrogens is 288 g/mol. The van der Waals surface area contributed by atoms with Gasteiger partial charge in [0.25, 0.3) is 5.91 Å². The van der Waals surface area contributed by atoms with Crippen molar-refractivity contribution in [3.8, 4) is 6.07 Å². The third kappa shape index (κ3) is 6.82. The van der Waals surface area contributed by atoms with Crippen LogP contribution in [0.5, 0.6) is 0 Å². The molecule has 0 aliphatic heterocycles. The van der Waals surface area contributed by atoms with Gasteiger partial charge in [0.05, 0.1) is 17.5 Å². The van der Waals surface area contributed by atoms with E-state index in [1.165, 1.54) is 11.8 Å². The third-order valence-corrected chi connectivity index (χ3v) is 3.49. The van der Waals surface area contributed by atoms with Gasteiger partial charge in [0.1, 0.15) is 0 Å². The maximum absolute atomic E-state index is 11.8. The molecule has 0 aliphatic carbocycles. The lowest BCUT2D eigenvalue weighted by atomic mass is 10.2. The number of thioether (sulfide) groups is 1. The second-order valence-corrected chi connectivity index (χ2v) is 5.27. The van der Waals surface area contributed by atoms with E-state index < -0.39 is 0 Å². The number of nitrogens with one attached hydrogen (secondary N) is 1. The summed E-state index contributed by atoms with van der Waals surface area (Å²) in [6.45, 7) is 1.69. The van der Waals surface area contributed by atoms with Gasteiger partial charge in [-0.25, -0.2) is 0 Å². The lowest BCUT2D eigenvalue weighted by Crippen LogP contribution is -2.21. The predicted molar refractivity (Wildman–Crippen MR) is 81.9 cm³/mol. The van der Waals surface area contributed by atoms with Crippen LogP contribution in [0.15, 0.2) is 29.2 Å². The molecule has 0 aromatic heterocycles. The number of amides is 1. The van der Waals surface area contributed by atoms with E-state index in [0.29, 0.717) is 17.9 Å². The summed E-state index contributed by atoms with van der Waals surface area (Å²) >= 11 is 1.34. The van der Waals surface area contributed by atoms with Crippen LogP contribution in [0, 0.1) is 11.3 Å². The minimum Gasteiger partial charge on any atom is -0.456 e. The van der Waals surface area contributed by atoms with Crippen LogP contribution in [0.25, 0.3) is 0 Å². The van der Waals surface area contributed by atoms with E-state index in [0.717, 1.165) is 17.7 Å². The molecule has 1 rings (SSSR count). The largest absolute Gasteiger partial charge is 0.456 e. The second-order valence-electron chi connectivity index (χ2n) is 4.26. The Kier molecular flexibility index (Phi) is 7.99. The molecule has 0 unspecified atom stereocenters. The molecule has 0 fully saturated rings. The molecule has 0 saturated carbocycles. The quantitative estimate of drug-likeness (QED) is 0.590. The van der Waals surface area contributed by atoms with Gasteiger partial charge < -0.3 is 10.1 Å². The van der Waals surface area contributed by atoms with E-state index in [1.54, 1.807) is 12.1 Å². The monoisotopic (exact) mass is 306 g/mol. The van der Waals surface area contributed by atoms with Gasteiger partial charge in [-0.05, 0) is 18.6 Å². The topological polar surface area (TPSA) is 79.2 Å². The number of hydrogen-bond donors (Lipinski definition) is 1. The number of para-hydroxylation sites is 1. The summed E-state index contributed by atoms with van der Waals surface area (Å²) in [5, 5.41) is 11.3. The molecule has 0 radical (unpaired) electrons. The SMILES string of the molecule is CCCCC(=O)OCC(=O)Nc1ccccc1SCC#N. The molecular formula is C15H18N2O3S. The highest BCUT2D eigenvalue weighted by Gasteiger charge is 2.09. The van der Waals surface area contributed by atoms with Crippen molar-refractivity contribution in [1.82, 2.24) is 0 Å². The summed E-state index contributed by atoms with van der Waals surface area (Å²) in [5.41, 5.74) is 0.618. The first-order valence-corrected chi connectivity index (χ1v) is 7.70. The Morgan fingerprint density at radius 2 is 2.14 bits per heavy atom. The van der Waals surface area contributed by atoms with Gasteiger partial charge >= 0.3 is 5.97 Å². The van der Waals surface area contributed by atoms with E-state index in [1.807, 2.05) is 25.1 Å². The number of nitriles is 1. The van der Waals surface area contributed by atoms with Crippen molar-refractivity contribution in [2.24, 2.45) is 0 Å². The van der Waals surface area contributed by atoms with Crippen molar-refractivity contribution in [1.29, 1.82) is 5.26 Å². The van der Waals surface area contributed by atoms with Crippen LogP contribution >= 0.6 is 11.8 Å². The molecule has 0 bridgehead atoms. The first-order chi connectivity index (χ1) is 10.2. The minimum atomic E-state index is -0.384. The number of benzene rings is 1. The van der Waals surface area contributed by atoms with Crippen LogP contribution in [0.4, 0.5) is 5.69 Å².